The monoisotopic (exact) mass is 235 g/mol. The number of phenolic OH excluding ortho intramolecular Hbond substituents is 1. The van der Waals surface area contributed by atoms with Crippen molar-refractivity contribution in [1.29, 1.82) is 0 Å². The second-order valence-corrected chi connectivity index (χ2v) is 4.29. The molecule has 0 fully saturated rings. The molecule has 0 saturated carbocycles. The molecule has 3 heteroatoms. The summed E-state index contributed by atoms with van der Waals surface area (Å²) in [5.74, 6) is 0.398. The number of carbonyl (C=O) groups excluding carboxylic acids is 1. The summed E-state index contributed by atoms with van der Waals surface area (Å²) in [6.45, 7) is 4.07. The highest BCUT2D eigenvalue weighted by molar-refractivity contribution is 5.76. The molecule has 0 spiro atoms. The summed E-state index contributed by atoms with van der Waals surface area (Å²) in [6, 6.07) is 7.32. The minimum absolute atomic E-state index is 0.123. The average Bonchev–Trinajstić information content (AvgIpc) is 2.31. The predicted molar refractivity (Wildman–Crippen MR) is 68.9 cm³/mol. The number of hydrogen-bond acceptors (Lipinski definition) is 2. The molecule has 0 heterocycles. The van der Waals surface area contributed by atoms with Gasteiger partial charge in [-0.15, -0.1) is 0 Å². The fourth-order valence-corrected chi connectivity index (χ4v) is 1.74. The maximum atomic E-state index is 11.5. The Morgan fingerprint density at radius 1 is 1.29 bits per heavy atom. The second kappa shape index (κ2) is 6.94. The Morgan fingerprint density at radius 2 is 1.94 bits per heavy atom. The summed E-state index contributed by atoms with van der Waals surface area (Å²) >= 11 is 0. The fourth-order valence-electron chi connectivity index (χ4n) is 1.74. The third-order valence-corrected chi connectivity index (χ3v) is 2.75. The first-order valence-electron chi connectivity index (χ1n) is 6.23. The number of amides is 1. The van der Waals surface area contributed by atoms with Crippen LogP contribution >= 0.6 is 0 Å². The first kappa shape index (κ1) is 13.6. The first-order chi connectivity index (χ1) is 8.15. The van der Waals surface area contributed by atoms with Gasteiger partial charge in [0, 0.05) is 12.5 Å². The molecule has 94 valence electrons. The molecule has 0 aliphatic heterocycles. The number of nitrogens with one attached hydrogen (secondary N) is 1. The number of benzene rings is 1. The minimum atomic E-state index is 0.123. The van der Waals surface area contributed by atoms with E-state index in [9.17, 15) is 9.90 Å². The Hall–Kier alpha value is -1.51. The predicted octanol–water partition coefficient (Wildman–Crippen LogP) is 2.63. The number of phenols is 1. The molecule has 0 aliphatic carbocycles. The molecule has 1 atom stereocenters. The van der Waals surface area contributed by atoms with E-state index in [-0.39, 0.29) is 17.7 Å². The Labute approximate surface area is 103 Å². The molecule has 2 N–H and O–H groups in total. The van der Waals surface area contributed by atoms with Gasteiger partial charge in [0.1, 0.15) is 5.75 Å². The van der Waals surface area contributed by atoms with E-state index in [1.54, 1.807) is 12.1 Å². The van der Waals surface area contributed by atoms with Crippen LogP contribution in [-0.2, 0) is 11.2 Å². The molecule has 1 aromatic rings. The molecule has 0 aliphatic rings. The van der Waals surface area contributed by atoms with Gasteiger partial charge in [-0.2, -0.15) is 0 Å². The number of carbonyl (C=O) groups is 1. The lowest BCUT2D eigenvalue weighted by molar-refractivity contribution is -0.121. The molecule has 17 heavy (non-hydrogen) atoms. The van der Waals surface area contributed by atoms with Gasteiger partial charge in [-0.1, -0.05) is 26.0 Å². The van der Waals surface area contributed by atoms with Crippen LogP contribution in [-0.4, -0.2) is 17.1 Å². The zero-order valence-corrected chi connectivity index (χ0v) is 10.6. The summed E-state index contributed by atoms with van der Waals surface area (Å²) in [6.07, 6.45) is 3.19. The van der Waals surface area contributed by atoms with Crippen molar-refractivity contribution in [2.75, 3.05) is 0 Å². The largest absolute Gasteiger partial charge is 0.508 e. The smallest absolute Gasteiger partial charge is 0.220 e. The Bertz CT molecular complexity index is 346. The highest BCUT2D eigenvalue weighted by atomic mass is 16.3. The molecular weight excluding hydrogens is 214 g/mol. The highest BCUT2D eigenvalue weighted by Crippen LogP contribution is 2.12. The molecule has 1 aromatic carbocycles. The van der Waals surface area contributed by atoms with Crippen molar-refractivity contribution in [3.05, 3.63) is 29.8 Å². The van der Waals surface area contributed by atoms with Crippen molar-refractivity contribution in [1.82, 2.24) is 5.32 Å². The van der Waals surface area contributed by atoms with E-state index in [0.717, 1.165) is 24.8 Å². The van der Waals surface area contributed by atoms with Crippen LogP contribution in [0.15, 0.2) is 24.3 Å². The minimum Gasteiger partial charge on any atom is -0.508 e. The lowest BCUT2D eigenvalue weighted by atomic mass is 10.0. The first-order valence-corrected chi connectivity index (χ1v) is 6.23. The normalized spacial score (nSPS) is 12.1. The maximum Gasteiger partial charge on any atom is 0.220 e. The molecule has 1 amide bonds. The van der Waals surface area contributed by atoms with Crippen LogP contribution in [0, 0.1) is 0 Å². The van der Waals surface area contributed by atoms with Gasteiger partial charge in [-0.25, -0.2) is 0 Å². The average molecular weight is 235 g/mol. The highest BCUT2D eigenvalue weighted by Gasteiger charge is 2.10. The molecule has 0 saturated heterocycles. The van der Waals surface area contributed by atoms with Gasteiger partial charge < -0.3 is 10.4 Å². The van der Waals surface area contributed by atoms with Gasteiger partial charge >= 0.3 is 0 Å². The number of hydrogen-bond donors (Lipinski definition) is 2. The third kappa shape index (κ3) is 4.89. The maximum absolute atomic E-state index is 11.5. The van der Waals surface area contributed by atoms with Gasteiger partial charge in [0.25, 0.3) is 0 Å². The van der Waals surface area contributed by atoms with E-state index < -0.39 is 0 Å². The molecule has 3 nitrogen and oxygen atoms in total. The van der Waals surface area contributed by atoms with Crippen molar-refractivity contribution in [3.8, 4) is 5.75 Å². The number of rotatable bonds is 6. The molecule has 0 aromatic heterocycles. The van der Waals surface area contributed by atoms with Gasteiger partial charge in [-0.3, -0.25) is 4.79 Å². The topological polar surface area (TPSA) is 49.3 Å². The summed E-state index contributed by atoms with van der Waals surface area (Å²) in [7, 11) is 0. The van der Waals surface area contributed by atoms with Crippen LogP contribution in [0.5, 0.6) is 5.75 Å². The van der Waals surface area contributed by atoms with E-state index in [4.69, 9.17) is 0 Å². The molecule has 0 radical (unpaired) electrons. The van der Waals surface area contributed by atoms with Crippen LogP contribution < -0.4 is 5.32 Å². The van der Waals surface area contributed by atoms with E-state index >= 15 is 0 Å². The van der Waals surface area contributed by atoms with Gasteiger partial charge in [0.15, 0.2) is 0 Å². The second-order valence-electron chi connectivity index (χ2n) is 4.29. The molecular formula is C14H21NO2. The molecule has 1 unspecified atom stereocenters. The summed E-state index contributed by atoms with van der Waals surface area (Å²) in [5.41, 5.74) is 1.13. The summed E-state index contributed by atoms with van der Waals surface area (Å²) < 4.78 is 0. The van der Waals surface area contributed by atoms with Gasteiger partial charge in [0.05, 0.1) is 0 Å². The van der Waals surface area contributed by atoms with E-state index in [2.05, 4.69) is 12.2 Å². The van der Waals surface area contributed by atoms with E-state index in [1.165, 1.54) is 0 Å². The van der Waals surface area contributed by atoms with E-state index in [0.29, 0.717) is 6.42 Å². The van der Waals surface area contributed by atoms with Crippen LogP contribution in [0.1, 0.15) is 38.7 Å². The zero-order valence-electron chi connectivity index (χ0n) is 10.6. The quantitative estimate of drug-likeness (QED) is 0.796. The van der Waals surface area contributed by atoms with Crippen LogP contribution in [0.4, 0.5) is 0 Å². The SMILES string of the molecule is CCCC(=O)NC(CC)Cc1ccc(O)cc1. The Morgan fingerprint density at radius 3 is 2.47 bits per heavy atom. The van der Waals surface area contributed by atoms with E-state index in [1.807, 2.05) is 19.1 Å². The lowest BCUT2D eigenvalue weighted by Crippen LogP contribution is -2.35. The molecule has 0 bridgehead atoms. The zero-order chi connectivity index (χ0) is 12.7. The van der Waals surface area contributed by atoms with Crippen molar-refractivity contribution in [2.45, 2.75) is 45.6 Å². The molecule has 1 rings (SSSR count). The van der Waals surface area contributed by atoms with Gasteiger partial charge in [-0.05, 0) is 37.0 Å². The van der Waals surface area contributed by atoms with Crippen molar-refractivity contribution >= 4 is 5.91 Å². The van der Waals surface area contributed by atoms with Crippen molar-refractivity contribution < 1.29 is 9.90 Å². The summed E-state index contributed by atoms with van der Waals surface area (Å²) in [5, 5.41) is 12.2. The Balaban J connectivity index is 2.51. The van der Waals surface area contributed by atoms with Crippen LogP contribution in [0.2, 0.25) is 0 Å². The van der Waals surface area contributed by atoms with Crippen LogP contribution in [0.3, 0.4) is 0 Å². The standard InChI is InChI=1S/C14H21NO2/c1-3-5-14(17)15-12(4-2)10-11-6-8-13(16)9-7-11/h6-9,12,16H,3-5,10H2,1-2H3,(H,15,17). The Kier molecular flexibility index (Phi) is 5.53. The number of aromatic hydroxyl groups is 1. The third-order valence-electron chi connectivity index (χ3n) is 2.75. The van der Waals surface area contributed by atoms with Crippen molar-refractivity contribution in [3.63, 3.8) is 0 Å². The lowest BCUT2D eigenvalue weighted by Gasteiger charge is -2.17. The van der Waals surface area contributed by atoms with Gasteiger partial charge in [0.2, 0.25) is 5.91 Å². The summed E-state index contributed by atoms with van der Waals surface area (Å²) in [4.78, 5) is 11.5. The van der Waals surface area contributed by atoms with Crippen molar-refractivity contribution in [2.24, 2.45) is 0 Å². The van der Waals surface area contributed by atoms with Crippen LogP contribution in [0.25, 0.3) is 0 Å². The fraction of sp³-hybridized carbons (Fsp3) is 0.500.